The molecule has 0 saturated heterocycles. The van der Waals surface area contributed by atoms with Crippen molar-refractivity contribution < 1.29 is 0 Å². The summed E-state index contributed by atoms with van der Waals surface area (Å²) in [7, 11) is 0. The first kappa shape index (κ1) is 10.3. The number of anilines is 1. The third kappa shape index (κ3) is 2.13. The van der Waals surface area contributed by atoms with Crippen molar-refractivity contribution in [1.29, 1.82) is 0 Å². The Morgan fingerprint density at radius 3 is 2.81 bits per heavy atom. The van der Waals surface area contributed by atoms with Gasteiger partial charge in [-0.2, -0.15) is 0 Å². The van der Waals surface area contributed by atoms with Gasteiger partial charge in [0, 0.05) is 24.6 Å². The summed E-state index contributed by atoms with van der Waals surface area (Å²) in [6.07, 6.45) is 4.42. The third-order valence-corrected chi connectivity index (χ3v) is 3.24. The van der Waals surface area contributed by atoms with Crippen LogP contribution in [-0.4, -0.2) is 29.1 Å². The monoisotopic (exact) mass is 238 g/mol. The number of nitrogens with one attached hydrogen (secondary N) is 2. The van der Waals surface area contributed by atoms with E-state index in [0.29, 0.717) is 11.3 Å². The minimum atomic E-state index is 0.365. The normalized spacial score (nSPS) is 20.1. The molecule has 0 atom stereocenters. The summed E-state index contributed by atoms with van der Waals surface area (Å²) in [5.74, 6) is 0.959. The van der Waals surface area contributed by atoms with E-state index in [-0.39, 0.29) is 0 Å². The highest BCUT2D eigenvalue weighted by Gasteiger charge is 2.24. The van der Waals surface area contributed by atoms with Crippen molar-refractivity contribution in [3.05, 3.63) is 16.5 Å². The lowest BCUT2D eigenvalue weighted by molar-refractivity contribution is 0.708. The maximum absolute atomic E-state index is 5.96. The molecule has 2 N–H and O–H groups in total. The minimum absolute atomic E-state index is 0.365. The van der Waals surface area contributed by atoms with Crippen LogP contribution in [0.15, 0.2) is 0 Å². The Morgan fingerprint density at radius 1 is 1.19 bits per heavy atom. The number of rotatable bonds is 2. The maximum Gasteiger partial charge on any atom is 0.224 e. The number of hydrogen-bond acceptors (Lipinski definition) is 4. The number of halogens is 1. The standard InChI is InChI=1S/C11H15ClN4/c12-11-15-9-4-6-13-5-3-8(9)10(16-11)14-7-1-2-7/h7,13H,1-6H2,(H,14,15,16). The summed E-state index contributed by atoms with van der Waals surface area (Å²) in [4.78, 5) is 8.66. The van der Waals surface area contributed by atoms with Gasteiger partial charge < -0.3 is 10.6 Å². The SMILES string of the molecule is Clc1nc2c(c(NC3CC3)n1)CCNCC2. The fraction of sp³-hybridized carbons (Fsp3) is 0.636. The smallest absolute Gasteiger partial charge is 0.224 e. The van der Waals surface area contributed by atoms with Crippen molar-refractivity contribution in [3.8, 4) is 0 Å². The van der Waals surface area contributed by atoms with Gasteiger partial charge in [0.05, 0.1) is 5.69 Å². The zero-order valence-electron chi connectivity index (χ0n) is 9.09. The van der Waals surface area contributed by atoms with Gasteiger partial charge in [-0.25, -0.2) is 9.97 Å². The second-order valence-corrected chi connectivity index (χ2v) is 4.77. The van der Waals surface area contributed by atoms with Crippen LogP contribution in [0.4, 0.5) is 5.82 Å². The molecule has 5 heteroatoms. The summed E-state index contributed by atoms with van der Waals surface area (Å²) in [6.45, 7) is 1.97. The third-order valence-electron chi connectivity index (χ3n) is 3.07. The molecule has 1 aromatic heterocycles. The van der Waals surface area contributed by atoms with Crippen molar-refractivity contribution in [2.24, 2.45) is 0 Å². The van der Waals surface area contributed by atoms with E-state index in [0.717, 1.165) is 37.4 Å². The van der Waals surface area contributed by atoms with Crippen molar-refractivity contribution in [2.45, 2.75) is 31.7 Å². The molecule has 1 aliphatic carbocycles. The van der Waals surface area contributed by atoms with E-state index in [4.69, 9.17) is 11.6 Å². The van der Waals surface area contributed by atoms with Crippen molar-refractivity contribution >= 4 is 17.4 Å². The second-order valence-electron chi connectivity index (χ2n) is 4.44. The molecule has 0 amide bonds. The van der Waals surface area contributed by atoms with Gasteiger partial charge in [0.2, 0.25) is 5.28 Å². The number of aromatic nitrogens is 2. The first-order valence-electron chi connectivity index (χ1n) is 5.85. The van der Waals surface area contributed by atoms with Crippen LogP contribution in [0, 0.1) is 0 Å². The van der Waals surface area contributed by atoms with E-state index in [1.807, 2.05) is 0 Å². The topological polar surface area (TPSA) is 49.8 Å². The molecule has 0 radical (unpaired) electrons. The van der Waals surface area contributed by atoms with Crippen LogP contribution in [0.25, 0.3) is 0 Å². The van der Waals surface area contributed by atoms with Crippen LogP contribution in [0.3, 0.4) is 0 Å². The Hall–Kier alpha value is -0.870. The molecule has 1 fully saturated rings. The lowest BCUT2D eigenvalue weighted by atomic mass is 10.1. The lowest BCUT2D eigenvalue weighted by Crippen LogP contribution is -2.16. The molecule has 2 heterocycles. The number of hydrogen-bond donors (Lipinski definition) is 2. The summed E-state index contributed by atoms with van der Waals surface area (Å²) >= 11 is 5.96. The van der Waals surface area contributed by atoms with Crippen LogP contribution in [0.5, 0.6) is 0 Å². The molecule has 16 heavy (non-hydrogen) atoms. The Bertz CT molecular complexity index is 403. The molecule has 4 nitrogen and oxygen atoms in total. The van der Waals surface area contributed by atoms with Crippen LogP contribution < -0.4 is 10.6 Å². The van der Waals surface area contributed by atoms with Gasteiger partial charge >= 0.3 is 0 Å². The summed E-state index contributed by atoms with van der Waals surface area (Å²) in [5.41, 5.74) is 2.36. The van der Waals surface area contributed by atoms with E-state index in [1.54, 1.807) is 0 Å². The summed E-state index contributed by atoms with van der Waals surface area (Å²) in [5, 5.41) is 7.19. The van der Waals surface area contributed by atoms with E-state index < -0.39 is 0 Å². The van der Waals surface area contributed by atoms with E-state index in [2.05, 4.69) is 20.6 Å². The molecule has 0 aromatic carbocycles. The maximum atomic E-state index is 5.96. The minimum Gasteiger partial charge on any atom is -0.367 e. The van der Waals surface area contributed by atoms with Crippen molar-refractivity contribution in [3.63, 3.8) is 0 Å². The molecular weight excluding hydrogens is 224 g/mol. The molecule has 1 saturated carbocycles. The zero-order chi connectivity index (χ0) is 11.0. The van der Waals surface area contributed by atoms with Gasteiger partial charge in [0.15, 0.2) is 0 Å². The first-order chi connectivity index (χ1) is 7.83. The van der Waals surface area contributed by atoms with Crippen molar-refractivity contribution in [1.82, 2.24) is 15.3 Å². The van der Waals surface area contributed by atoms with Gasteiger partial charge in [-0.1, -0.05) is 0 Å². The van der Waals surface area contributed by atoms with E-state index in [1.165, 1.54) is 18.4 Å². The van der Waals surface area contributed by atoms with E-state index >= 15 is 0 Å². The predicted molar refractivity (Wildman–Crippen MR) is 64.0 cm³/mol. The predicted octanol–water partition coefficient (Wildman–Crippen LogP) is 1.39. The second kappa shape index (κ2) is 4.18. The quantitative estimate of drug-likeness (QED) is 0.765. The molecule has 0 spiro atoms. The van der Waals surface area contributed by atoms with E-state index in [9.17, 15) is 0 Å². The Balaban J connectivity index is 1.97. The summed E-state index contributed by atoms with van der Waals surface area (Å²) in [6, 6.07) is 0.603. The van der Waals surface area contributed by atoms with Gasteiger partial charge in [-0.3, -0.25) is 0 Å². The van der Waals surface area contributed by atoms with Crippen LogP contribution in [0.1, 0.15) is 24.1 Å². The fourth-order valence-corrected chi connectivity index (χ4v) is 2.24. The highest BCUT2D eigenvalue weighted by Crippen LogP contribution is 2.28. The van der Waals surface area contributed by atoms with Gasteiger partial charge in [0.1, 0.15) is 5.82 Å². The largest absolute Gasteiger partial charge is 0.367 e. The zero-order valence-corrected chi connectivity index (χ0v) is 9.85. The average molecular weight is 239 g/mol. The molecule has 0 unspecified atom stereocenters. The van der Waals surface area contributed by atoms with Gasteiger partial charge in [0.25, 0.3) is 0 Å². The van der Waals surface area contributed by atoms with Crippen LogP contribution in [0.2, 0.25) is 5.28 Å². The Morgan fingerprint density at radius 2 is 2.00 bits per heavy atom. The Labute approximate surface area is 99.8 Å². The van der Waals surface area contributed by atoms with Gasteiger partial charge in [-0.15, -0.1) is 0 Å². The lowest BCUT2D eigenvalue weighted by Gasteiger charge is -2.12. The molecule has 1 aliphatic heterocycles. The summed E-state index contributed by atoms with van der Waals surface area (Å²) < 4.78 is 0. The molecule has 0 bridgehead atoms. The number of fused-ring (bicyclic) bond motifs is 1. The fourth-order valence-electron chi connectivity index (χ4n) is 2.06. The first-order valence-corrected chi connectivity index (χ1v) is 6.23. The van der Waals surface area contributed by atoms with Crippen LogP contribution in [-0.2, 0) is 12.8 Å². The van der Waals surface area contributed by atoms with Crippen LogP contribution >= 0.6 is 11.6 Å². The Kier molecular flexibility index (Phi) is 2.69. The molecule has 3 rings (SSSR count). The number of nitrogens with zero attached hydrogens (tertiary/aromatic N) is 2. The molecule has 2 aliphatic rings. The van der Waals surface area contributed by atoms with Crippen molar-refractivity contribution in [2.75, 3.05) is 18.4 Å². The highest BCUT2D eigenvalue weighted by molar-refractivity contribution is 6.28. The van der Waals surface area contributed by atoms with Gasteiger partial charge in [-0.05, 0) is 37.4 Å². The molecule has 1 aromatic rings. The molecule has 86 valence electrons. The highest BCUT2D eigenvalue weighted by atomic mass is 35.5. The molecular formula is C11H15ClN4. The average Bonchev–Trinajstić information content (AvgIpc) is 3.03.